The Hall–Kier alpha value is -1.14. The second-order valence-corrected chi connectivity index (χ2v) is 5.97. The second-order valence-electron chi connectivity index (χ2n) is 5.97. The Morgan fingerprint density at radius 2 is 2.14 bits per heavy atom. The minimum atomic E-state index is -0.0494. The summed E-state index contributed by atoms with van der Waals surface area (Å²) in [6.07, 6.45) is 3.35. The van der Waals surface area contributed by atoms with Crippen LogP contribution in [0.3, 0.4) is 0 Å². The van der Waals surface area contributed by atoms with Crippen molar-refractivity contribution in [3.05, 3.63) is 30.3 Å². The van der Waals surface area contributed by atoms with Crippen LogP contribution in [0, 0.1) is 0 Å². The van der Waals surface area contributed by atoms with Crippen molar-refractivity contribution in [3.8, 4) is 0 Å². The summed E-state index contributed by atoms with van der Waals surface area (Å²) in [5.74, 6) is 0. The number of hydrogen-bond donors (Lipinski definition) is 1. The summed E-state index contributed by atoms with van der Waals surface area (Å²) in [7, 11) is 0. The molecular weight excluding hydrogens is 268 g/mol. The van der Waals surface area contributed by atoms with Crippen LogP contribution < -0.4 is 10.4 Å². The van der Waals surface area contributed by atoms with E-state index in [2.05, 4.69) is 17.4 Å². The molecule has 5 nitrogen and oxygen atoms in total. The lowest BCUT2D eigenvalue weighted by molar-refractivity contribution is -0.182. The Balaban J connectivity index is 1.35. The smallest absolute Gasteiger partial charge is 0.157 e. The number of ether oxygens (including phenoxy) is 2. The van der Waals surface area contributed by atoms with Crippen LogP contribution in [-0.2, 0) is 14.3 Å². The van der Waals surface area contributed by atoms with Gasteiger partial charge in [0.25, 0.3) is 0 Å². The maximum absolute atomic E-state index is 6.11. The standard InChI is InChI=1S/C16H22N2O3/c1-2-6-12(7-3-1)18-10-13-16(17-13)14(21-18)11-20-15-8-4-5-9-19-15/h1-3,6-7,13-17H,4-5,8-11H2/t13-,14-,15?,16-/m0/s1. The highest BCUT2D eigenvalue weighted by atomic mass is 16.7. The van der Waals surface area contributed by atoms with Crippen LogP contribution in [0.4, 0.5) is 5.69 Å². The van der Waals surface area contributed by atoms with Crippen LogP contribution in [0.1, 0.15) is 19.3 Å². The number of hydrogen-bond acceptors (Lipinski definition) is 5. The van der Waals surface area contributed by atoms with Crippen molar-refractivity contribution in [2.45, 2.75) is 43.7 Å². The number of anilines is 1. The fourth-order valence-corrected chi connectivity index (χ4v) is 3.11. The number of hydroxylamine groups is 1. The Morgan fingerprint density at radius 1 is 1.24 bits per heavy atom. The summed E-state index contributed by atoms with van der Waals surface area (Å²) in [4.78, 5) is 6.11. The number of nitrogens with one attached hydrogen (secondary N) is 1. The molecule has 1 aromatic carbocycles. The van der Waals surface area contributed by atoms with Gasteiger partial charge in [0.1, 0.15) is 6.10 Å². The van der Waals surface area contributed by atoms with Crippen LogP contribution in [-0.4, -0.2) is 44.2 Å². The molecule has 1 unspecified atom stereocenters. The lowest BCUT2D eigenvalue weighted by Crippen LogP contribution is -2.44. The predicted molar refractivity (Wildman–Crippen MR) is 78.9 cm³/mol. The molecular formula is C16H22N2O3. The van der Waals surface area contributed by atoms with E-state index < -0.39 is 0 Å². The minimum Gasteiger partial charge on any atom is -0.353 e. The van der Waals surface area contributed by atoms with Gasteiger partial charge in [-0.05, 0) is 31.4 Å². The third-order valence-corrected chi connectivity index (χ3v) is 4.39. The number of fused-ring (bicyclic) bond motifs is 1. The molecule has 21 heavy (non-hydrogen) atoms. The van der Waals surface area contributed by atoms with E-state index in [1.807, 2.05) is 23.3 Å². The van der Waals surface area contributed by atoms with Crippen LogP contribution in [0.5, 0.6) is 0 Å². The van der Waals surface area contributed by atoms with Gasteiger partial charge in [0, 0.05) is 12.6 Å². The molecule has 0 amide bonds. The second kappa shape index (κ2) is 5.93. The van der Waals surface area contributed by atoms with E-state index >= 15 is 0 Å². The number of nitrogens with zero attached hydrogens (tertiary/aromatic N) is 1. The van der Waals surface area contributed by atoms with E-state index in [0.717, 1.165) is 31.7 Å². The first-order chi connectivity index (χ1) is 10.4. The fourth-order valence-electron chi connectivity index (χ4n) is 3.11. The Kier molecular flexibility index (Phi) is 3.82. The minimum absolute atomic E-state index is 0.0494. The first-order valence-electron chi connectivity index (χ1n) is 7.89. The molecule has 1 aromatic rings. The van der Waals surface area contributed by atoms with E-state index in [4.69, 9.17) is 14.3 Å². The number of benzene rings is 1. The molecule has 4 rings (SSSR count). The van der Waals surface area contributed by atoms with Gasteiger partial charge in [-0.25, -0.2) is 0 Å². The van der Waals surface area contributed by atoms with Gasteiger partial charge >= 0.3 is 0 Å². The molecule has 0 aromatic heterocycles. The van der Waals surface area contributed by atoms with E-state index in [-0.39, 0.29) is 12.4 Å². The molecule has 114 valence electrons. The molecule has 3 aliphatic heterocycles. The van der Waals surface area contributed by atoms with E-state index in [9.17, 15) is 0 Å². The summed E-state index contributed by atoms with van der Waals surface area (Å²) in [5, 5.41) is 5.46. The average Bonchev–Trinajstić information content (AvgIpc) is 3.34. The van der Waals surface area contributed by atoms with E-state index in [1.54, 1.807) is 0 Å². The quantitative estimate of drug-likeness (QED) is 0.855. The highest BCUT2D eigenvalue weighted by molar-refractivity contribution is 5.44. The van der Waals surface area contributed by atoms with Crippen LogP contribution in [0.15, 0.2) is 30.3 Å². The SMILES string of the molecule is c1ccc(N2C[C@@H]3N[C@@H]3[C@H](COC3CCCCO3)O2)cc1. The molecule has 0 aliphatic carbocycles. The maximum Gasteiger partial charge on any atom is 0.157 e. The summed E-state index contributed by atoms with van der Waals surface area (Å²) in [5.41, 5.74) is 1.10. The van der Waals surface area contributed by atoms with Crippen molar-refractivity contribution in [2.24, 2.45) is 0 Å². The van der Waals surface area contributed by atoms with Gasteiger partial charge in [-0.15, -0.1) is 0 Å². The van der Waals surface area contributed by atoms with Gasteiger partial charge < -0.3 is 14.8 Å². The molecule has 4 atom stereocenters. The molecule has 0 saturated carbocycles. The van der Waals surface area contributed by atoms with Crippen LogP contribution >= 0.6 is 0 Å². The zero-order valence-electron chi connectivity index (χ0n) is 12.1. The Bertz CT molecular complexity index is 464. The van der Waals surface area contributed by atoms with Crippen molar-refractivity contribution in [3.63, 3.8) is 0 Å². The molecule has 3 aliphatic rings. The molecule has 1 N–H and O–H groups in total. The molecule has 0 spiro atoms. The average molecular weight is 290 g/mol. The van der Waals surface area contributed by atoms with Gasteiger partial charge in [-0.1, -0.05) is 18.2 Å². The molecule has 0 radical (unpaired) electrons. The fraction of sp³-hybridized carbons (Fsp3) is 0.625. The largest absolute Gasteiger partial charge is 0.353 e. The zero-order chi connectivity index (χ0) is 14.1. The highest BCUT2D eigenvalue weighted by Gasteiger charge is 2.49. The van der Waals surface area contributed by atoms with Gasteiger partial charge in [0.2, 0.25) is 0 Å². The molecule has 3 heterocycles. The maximum atomic E-state index is 6.11. The predicted octanol–water partition coefficient (Wildman–Crippen LogP) is 1.69. The Morgan fingerprint density at radius 3 is 2.95 bits per heavy atom. The third-order valence-electron chi connectivity index (χ3n) is 4.39. The lowest BCUT2D eigenvalue weighted by atomic mass is 10.1. The topological polar surface area (TPSA) is 52.9 Å². The Labute approximate surface area is 125 Å². The van der Waals surface area contributed by atoms with Crippen molar-refractivity contribution in [1.82, 2.24) is 5.32 Å². The van der Waals surface area contributed by atoms with Crippen molar-refractivity contribution < 1.29 is 14.3 Å². The number of para-hydroxylation sites is 1. The van der Waals surface area contributed by atoms with Gasteiger partial charge in [-0.2, -0.15) is 0 Å². The van der Waals surface area contributed by atoms with Crippen molar-refractivity contribution in [2.75, 3.05) is 24.8 Å². The van der Waals surface area contributed by atoms with Gasteiger partial charge in [0.15, 0.2) is 6.29 Å². The zero-order valence-corrected chi connectivity index (χ0v) is 12.1. The first-order valence-corrected chi connectivity index (χ1v) is 7.89. The lowest BCUT2D eigenvalue weighted by Gasteiger charge is -2.33. The van der Waals surface area contributed by atoms with Crippen LogP contribution in [0.2, 0.25) is 0 Å². The summed E-state index contributed by atoms with van der Waals surface area (Å²) < 4.78 is 11.5. The third kappa shape index (κ3) is 3.06. The first kappa shape index (κ1) is 13.5. The van der Waals surface area contributed by atoms with E-state index in [0.29, 0.717) is 18.7 Å². The van der Waals surface area contributed by atoms with Crippen molar-refractivity contribution in [1.29, 1.82) is 0 Å². The molecule has 3 fully saturated rings. The molecule has 5 heteroatoms. The van der Waals surface area contributed by atoms with Crippen molar-refractivity contribution >= 4 is 5.69 Å². The highest BCUT2D eigenvalue weighted by Crippen LogP contribution is 2.30. The van der Waals surface area contributed by atoms with Gasteiger partial charge in [-0.3, -0.25) is 9.90 Å². The summed E-state index contributed by atoms with van der Waals surface area (Å²) >= 11 is 0. The van der Waals surface area contributed by atoms with E-state index in [1.165, 1.54) is 6.42 Å². The van der Waals surface area contributed by atoms with Crippen LogP contribution in [0.25, 0.3) is 0 Å². The number of rotatable bonds is 4. The van der Waals surface area contributed by atoms with Gasteiger partial charge in [0.05, 0.1) is 24.9 Å². The normalized spacial score (nSPS) is 35.3. The molecule has 3 saturated heterocycles. The summed E-state index contributed by atoms with van der Waals surface area (Å²) in [6.45, 7) is 2.30. The monoisotopic (exact) mass is 290 g/mol. The molecule has 0 bridgehead atoms. The summed E-state index contributed by atoms with van der Waals surface area (Å²) in [6, 6.07) is 11.2.